The van der Waals surface area contributed by atoms with Gasteiger partial charge in [-0.3, -0.25) is 0 Å². The predicted octanol–water partition coefficient (Wildman–Crippen LogP) is 9.53. The maximum Gasteiger partial charge on any atom is 0.519 e. The van der Waals surface area contributed by atoms with Crippen molar-refractivity contribution in [1.29, 1.82) is 0 Å². The molecule has 1 N–H and O–H groups in total. The van der Waals surface area contributed by atoms with Crippen LogP contribution < -0.4 is 19.5 Å². The van der Waals surface area contributed by atoms with E-state index >= 15 is 0 Å². The highest BCUT2D eigenvalue weighted by Crippen LogP contribution is 2.42. The zero-order valence-corrected chi connectivity index (χ0v) is 24.4. The lowest BCUT2D eigenvalue weighted by molar-refractivity contribution is 0.152. The molecule has 0 radical (unpaired) electrons. The molecule has 5 rings (SSSR count). The van der Waals surface area contributed by atoms with Gasteiger partial charge in [0.2, 0.25) is 0 Å². The normalized spacial score (nSPS) is 13.5. The van der Waals surface area contributed by atoms with Gasteiger partial charge >= 0.3 is 6.16 Å². The molecular formula is C34H31ClFNO4. The summed E-state index contributed by atoms with van der Waals surface area (Å²) in [7, 11) is 0. The molecule has 0 bridgehead atoms. The molecule has 5 nitrogen and oxygen atoms in total. The largest absolute Gasteiger partial charge is 0.519 e. The molecule has 41 heavy (non-hydrogen) atoms. The summed E-state index contributed by atoms with van der Waals surface area (Å²) in [5.41, 5.74) is 7.65. The Kier molecular flexibility index (Phi) is 7.78. The summed E-state index contributed by atoms with van der Waals surface area (Å²) in [6.45, 7) is 10.4. The van der Waals surface area contributed by atoms with E-state index in [9.17, 15) is 9.18 Å². The summed E-state index contributed by atoms with van der Waals surface area (Å²) >= 11 is 5.89. The van der Waals surface area contributed by atoms with E-state index in [1.54, 1.807) is 42.5 Å². The van der Waals surface area contributed by atoms with Crippen LogP contribution >= 0.6 is 11.6 Å². The van der Waals surface area contributed by atoms with Gasteiger partial charge in [-0.25, -0.2) is 9.18 Å². The fourth-order valence-corrected chi connectivity index (χ4v) is 5.32. The minimum atomic E-state index is -0.845. The van der Waals surface area contributed by atoms with Crippen LogP contribution in [0.2, 0.25) is 5.02 Å². The first-order valence-corrected chi connectivity index (χ1v) is 13.7. The third-order valence-electron chi connectivity index (χ3n) is 6.97. The molecule has 4 aromatic carbocycles. The number of aryl methyl sites for hydroxylation is 2. The lowest BCUT2D eigenvalue weighted by atomic mass is 9.84. The molecule has 0 fully saturated rings. The number of halogens is 2. The van der Waals surface area contributed by atoms with Crippen molar-refractivity contribution in [2.45, 2.75) is 46.8 Å². The second kappa shape index (κ2) is 11.3. The molecule has 1 aliphatic rings. The Labute approximate surface area is 244 Å². The van der Waals surface area contributed by atoms with Crippen molar-refractivity contribution in [3.05, 3.63) is 112 Å². The average molecular weight is 572 g/mol. The highest BCUT2D eigenvalue weighted by molar-refractivity contribution is 6.30. The molecule has 0 saturated heterocycles. The molecule has 7 heteroatoms. The van der Waals surface area contributed by atoms with E-state index < -0.39 is 6.16 Å². The monoisotopic (exact) mass is 571 g/mol. The first kappa shape index (κ1) is 28.2. The van der Waals surface area contributed by atoms with E-state index in [0.29, 0.717) is 22.3 Å². The third kappa shape index (κ3) is 6.39. The Hall–Kier alpha value is -4.29. The number of carbonyl (C=O) groups excluding carboxylic acids is 1. The van der Waals surface area contributed by atoms with E-state index in [2.05, 4.69) is 44.3 Å². The predicted molar refractivity (Wildman–Crippen MR) is 162 cm³/mol. The quantitative estimate of drug-likeness (QED) is 0.184. The van der Waals surface area contributed by atoms with Gasteiger partial charge in [0, 0.05) is 27.9 Å². The van der Waals surface area contributed by atoms with Crippen LogP contribution in [0.1, 0.15) is 43.0 Å². The molecule has 0 aliphatic carbocycles. The summed E-state index contributed by atoms with van der Waals surface area (Å²) < 4.78 is 30.9. The molecule has 1 aliphatic heterocycles. The third-order valence-corrected chi connectivity index (χ3v) is 7.22. The topological polar surface area (TPSA) is 56.8 Å². The Bertz CT molecular complexity index is 1660. The van der Waals surface area contributed by atoms with Gasteiger partial charge in [-0.15, -0.1) is 0 Å². The second-order valence-electron chi connectivity index (χ2n) is 10.8. The van der Waals surface area contributed by atoms with E-state index in [4.69, 9.17) is 25.8 Å². The number of anilines is 1. The van der Waals surface area contributed by atoms with Crippen LogP contribution in [0.3, 0.4) is 0 Å². The van der Waals surface area contributed by atoms with E-state index in [1.165, 1.54) is 12.1 Å². The Morgan fingerprint density at radius 3 is 2.27 bits per heavy atom. The van der Waals surface area contributed by atoms with Gasteiger partial charge in [-0.1, -0.05) is 35.9 Å². The van der Waals surface area contributed by atoms with E-state index in [-0.39, 0.29) is 18.0 Å². The number of rotatable bonds is 6. The SMILES string of the molecule is CC1=CC(C)(C)Nc2ccc(-c3ccc(OC(=O)Oc4ccc(Cl)cc4)cc3C)c(COc3cc(F)ccc3C)c21. The number of ether oxygens (including phenoxy) is 3. The van der Waals surface area contributed by atoms with Crippen molar-refractivity contribution in [2.75, 3.05) is 5.32 Å². The number of benzene rings is 4. The Balaban J connectivity index is 1.48. The van der Waals surface area contributed by atoms with Crippen LogP contribution in [0.15, 0.2) is 78.9 Å². The van der Waals surface area contributed by atoms with E-state index in [1.807, 2.05) is 19.9 Å². The van der Waals surface area contributed by atoms with Crippen molar-refractivity contribution in [3.63, 3.8) is 0 Å². The summed E-state index contributed by atoms with van der Waals surface area (Å²) in [4.78, 5) is 12.4. The van der Waals surface area contributed by atoms with Crippen LogP contribution in [-0.2, 0) is 6.61 Å². The van der Waals surface area contributed by atoms with Gasteiger partial charge in [0.05, 0.1) is 5.54 Å². The average Bonchev–Trinajstić information content (AvgIpc) is 2.90. The number of fused-ring (bicyclic) bond motifs is 1. The second-order valence-corrected chi connectivity index (χ2v) is 11.2. The molecule has 210 valence electrons. The van der Waals surface area contributed by atoms with Crippen molar-refractivity contribution >= 4 is 29.0 Å². The van der Waals surface area contributed by atoms with Gasteiger partial charge in [0.15, 0.2) is 0 Å². The molecule has 0 spiro atoms. The molecule has 0 aromatic heterocycles. The number of hydrogen-bond acceptors (Lipinski definition) is 5. The van der Waals surface area contributed by atoms with Gasteiger partial charge in [-0.2, -0.15) is 0 Å². The van der Waals surface area contributed by atoms with Gasteiger partial charge in [0.25, 0.3) is 0 Å². The first-order chi connectivity index (χ1) is 19.5. The summed E-state index contributed by atoms with van der Waals surface area (Å²) in [6.07, 6.45) is 1.36. The number of hydrogen-bond donors (Lipinski definition) is 1. The van der Waals surface area contributed by atoms with Crippen LogP contribution in [0, 0.1) is 19.7 Å². The molecule has 1 heterocycles. The Morgan fingerprint density at radius 1 is 0.854 bits per heavy atom. The molecule has 0 amide bonds. The molecule has 0 unspecified atom stereocenters. The van der Waals surface area contributed by atoms with Crippen LogP contribution in [0.5, 0.6) is 17.2 Å². The van der Waals surface area contributed by atoms with Gasteiger partial charge < -0.3 is 19.5 Å². The van der Waals surface area contributed by atoms with Crippen LogP contribution in [-0.4, -0.2) is 11.7 Å². The number of carbonyl (C=O) groups is 1. The van der Waals surface area contributed by atoms with Crippen LogP contribution in [0.25, 0.3) is 16.7 Å². The van der Waals surface area contributed by atoms with Gasteiger partial charge in [0.1, 0.15) is 29.7 Å². The smallest absolute Gasteiger partial charge is 0.488 e. The maximum absolute atomic E-state index is 14.0. The maximum atomic E-state index is 14.0. The minimum absolute atomic E-state index is 0.203. The van der Waals surface area contributed by atoms with Crippen molar-refractivity contribution in [3.8, 4) is 28.4 Å². The summed E-state index contributed by atoms with van der Waals surface area (Å²) in [6, 6.07) is 20.6. The zero-order chi connectivity index (χ0) is 29.3. The fourth-order valence-electron chi connectivity index (χ4n) is 5.20. The van der Waals surface area contributed by atoms with Crippen molar-refractivity contribution in [1.82, 2.24) is 0 Å². The Morgan fingerprint density at radius 2 is 1.54 bits per heavy atom. The number of allylic oxidation sites excluding steroid dienone is 1. The highest BCUT2D eigenvalue weighted by atomic mass is 35.5. The summed E-state index contributed by atoms with van der Waals surface area (Å²) in [5.74, 6) is 0.844. The number of nitrogens with one attached hydrogen (secondary N) is 1. The highest BCUT2D eigenvalue weighted by Gasteiger charge is 2.27. The lowest BCUT2D eigenvalue weighted by Gasteiger charge is -2.33. The summed E-state index contributed by atoms with van der Waals surface area (Å²) in [5, 5.41) is 4.14. The first-order valence-electron chi connectivity index (χ1n) is 13.3. The molecular weight excluding hydrogens is 541 g/mol. The molecule has 0 saturated carbocycles. The standard InChI is InChI=1S/C34H31ClFNO4/c1-20-6-9-24(36)17-31(20)39-19-29-28(14-15-30-32(29)22(3)18-34(4,5)37-30)27-13-12-26(16-21(27)2)41-33(38)40-25-10-7-23(35)8-11-25/h6-18,37H,19H2,1-5H3. The molecule has 4 aromatic rings. The van der Waals surface area contributed by atoms with Crippen molar-refractivity contribution in [2.24, 2.45) is 0 Å². The fraction of sp³-hybridized carbons (Fsp3) is 0.206. The van der Waals surface area contributed by atoms with Gasteiger partial charge in [-0.05, 0) is 111 Å². The van der Waals surface area contributed by atoms with Crippen molar-refractivity contribution < 1.29 is 23.4 Å². The molecule has 0 atom stereocenters. The van der Waals surface area contributed by atoms with E-state index in [0.717, 1.165) is 44.6 Å². The van der Waals surface area contributed by atoms with Crippen LogP contribution in [0.4, 0.5) is 14.9 Å². The lowest BCUT2D eigenvalue weighted by Crippen LogP contribution is -2.32. The minimum Gasteiger partial charge on any atom is -0.488 e. The zero-order valence-electron chi connectivity index (χ0n) is 23.6.